The van der Waals surface area contributed by atoms with Gasteiger partial charge in [0.05, 0.1) is 17.2 Å². The zero-order valence-electron chi connectivity index (χ0n) is 10.3. The maximum atomic E-state index is 11.9. The maximum Gasteiger partial charge on any atom is 0.156 e. The summed E-state index contributed by atoms with van der Waals surface area (Å²) in [6.45, 7) is 2.21. The summed E-state index contributed by atoms with van der Waals surface area (Å²) >= 11 is 0. The molecule has 5 nitrogen and oxygen atoms in total. The molecule has 0 amide bonds. The Bertz CT molecular complexity index is 601. The smallest absolute Gasteiger partial charge is 0.156 e. The van der Waals surface area contributed by atoms with Gasteiger partial charge in [-0.2, -0.15) is 0 Å². The van der Waals surface area contributed by atoms with Gasteiger partial charge in [-0.15, -0.1) is 0 Å². The summed E-state index contributed by atoms with van der Waals surface area (Å²) in [6, 6.07) is 5.60. The maximum absolute atomic E-state index is 11.9. The predicted octanol–water partition coefficient (Wildman–Crippen LogP) is 0.844. The highest BCUT2D eigenvalue weighted by molar-refractivity contribution is 7.90. The molecule has 1 atom stereocenters. The van der Waals surface area contributed by atoms with E-state index in [1.165, 1.54) is 0 Å². The molecule has 18 heavy (non-hydrogen) atoms. The summed E-state index contributed by atoms with van der Waals surface area (Å²) in [7, 11) is -3.15. The summed E-state index contributed by atoms with van der Waals surface area (Å²) in [6.07, 6.45) is 3.60. The lowest BCUT2D eigenvalue weighted by Gasteiger charge is -2.07. The van der Waals surface area contributed by atoms with Gasteiger partial charge in [-0.05, 0) is 24.6 Å². The average Bonchev–Trinajstić information content (AvgIpc) is 2.68. The summed E-state index contributed by atoms with van der Waals surface area (Å²) in [5, 5.41) is 0. The van der Waals surface area contributed by atoms with Gasteiger partial charge in [0.2, 0.25) is 0 Å². The number of fused-ring (bicyclic) bond motifs is 1. The van der Waals surface area contributed by atoms with Crippen molar-refractivity contribution < 1.29 is 8.42 Å². The Balaban J connectivity index is 2.18. The molecule has 2 heterocycles. The molecular formula is C12H17N3O2S. The van der Waals surface area contributed by atoms with E-state index in [9.17, 15) is 8.42 Å². The van der Waals surface area contributed by atoms with E-state index in [1.807, 2.05) is 35.7 Å². The number of sulfone groups is 1. The first-order valence-electron chi connectivity index (χ1n) is 5.83. The van der Waals surface area contributed by atoms with Crippen LogP contribution >= 0.6 is 0 Å². The molecule has 6 heteroatoms. The Morgan fingerprint density at radius 1 is 1.44 bits per heavy atom. The molecule has 0 aliphatic carbocycles. The first kappa shape index (κ1) is 13.0. The molecule has 2 aromatic rings. The largest absolute Gasteiger partial charge is 0.330 e. The third-order valence-electron chi connectivity index (χ3n) is 2.72. The van der Waals surface area contributed by atoms with E-state index in [4.69, 9.17) is 5.73 Å². The fourth-order valence-electron chi connectivity index (χ4n) is 1.84. The molecule has 0 aliphatic rings. The Morgan fingerprint density at radius 3 is 2.89 bits per heavy atom. The van der Waals surface area contributed by atoms with E-state index in [1.54, 1.807) is 6.20 Å². The van der Waals surface area contributed by atoms with Crippen LogP contribution in [0, 0.1) is 5.92 Å². The van der Waals surface area contributed by atoms with Gasteiger partial charge in [0.25, 0.3) is 0 Å². The molecule has 0 saturated heterocycles. The SMILES string of the molecule is CC(CN)CS(=O)(=O)Cc1cn2ccccc2n1. The molecule has 0 aromatic carbocycles. The molecule has 2 rings (SSSR count). The van der Waals surface area contributed by atoms with Gasteiger partial charge in [0.15, 0.2) is 9.84 Å². The Hall–Kier alpha value is -1.40. The van der Waals surface area contributed by atoms with E-state index in [-0.39, 0.29) is 17.4 Å². The van der Waals surface area contributed by atoms with Crippen LogP contribution in [0.2, 0.25) is 0 Å². The van der Waals surface area contributed by atoms with Crippen LogP contribution in [0.15, 0.2) is 30.6 Å². The van der Waals surface area contributed by atoms with Crippen molar-refractivity contribution in [2.45, 2.75) is 12.7 Å². The average molecular weight is 267 g/mol. The van der Waals surface area contributed by atoms with E-state index >= 15 is 0 Å². The van der Waals surface area contributed by atoms with Crippen molar-refractivity contribution in [3.05, 3.63) is 36.3 Å². The van der Waals surface area contributed by atoms with Crippen LogP contribution in [0.5, 0.6) is 0 Å². The second-order valence-corrected chi connectivity index (χ2v) is 6.70. The van der Waals surface area contributed by atoms with Gasteiger partial charge in [0.1, 0.15) is 5.65 Å². The molecule has 2 N–H and O–H groups in total. The van der Waals surface area contributed by atoms with Crippen molar-refractivity contribution in [2.24, 2.45) is 11.7 Å². The Labute approximate surface area is 107 Å². The van der Waals surface area contributed by atoms with Gasteiger partial charge in [-0.1, -0.05) is 13.0 Å². The zero-order valence-corrected chi connectivity index (χ0v) is 11.1. The van der Waals surface area contributed by atoms with Gasteiger partial charge >= 0.3 is 0 Å². The van der Waals surface area contributed by atoms with E-state index in [0.29, 0.717) is 12.2 Å². The second-order valence-electron chi connectivity index (χ2n) is 4.59. The first-order valence-corrected chi connectivity index (χ1v) is 7.65. The highest BCUT2D eigenvalue weighted by Gasteiger charge is 2.17. The van der Waals surface area contributed by atoms with Gasteiger partial charge in [-0.3, -0.25) is 0 Å². The molecule has 0 radical (unpaired) electrons. The van der Waals surface area contributed by atoms with Crippen LogP contribution in [-0.4, -0.2) is 30.1 Å². The lowest BCUT2D eigenvalue weighted by atomic mass is 10.2. The number of nitrogens with zero attached hydrogens (tertiary/aromatic N) is 2. The molecular weight excluding hydrogens is 250 g/mol. The molecule has 98 valence electrons. The molecule has 1 unspecified atom stereocenters. The molecule has 0 bridgehead atoms. The van der Waals surface area contributed by atoms with Crippen molar-refractivity contribution in [1.29, 1.82) is 0 Å². The summed E-state index contributed by atoms with van der Waals surface area (Å²) in [5.41, 5.74) is 6.78. The first-order chi connectivity index (χ1) is 8.50. The summed E-state index contributed by atoms with van der Waals surface area (Å²) < 4.78 is 25.7. The summed E-state index contributed by atoms with van der Waals surface area (Å²) in [5.74, 6) is 0.0585. The van der Waals surface area contributed by atoms with Crippen LogP contribution in [0.25, 0.3) is 5.65 Å². The quantitative estimate of drug-likeness (QED) is 0.871. The number of pyridine rings is 1. The van der Waals surface area contributed by atoms with Gasteiger partial charge in [0, 0.05) is 12.4 Å². The number of rotatable bonds is 5. The van der Waals surface area contributed by atoms with Crippen molar-refractivity contribution in [3.63, 3.8) is 0 Å². The molecule has 0 aliphatic heterocycles. The minimum Gasteiger partial charge on any atom is -0.330 e. The van der Waals surface area contributed by atoms with E-state index < -0.39 is 9.84 Å². The molecule has 0 saturated carbocycles. The highest BCUT2D eigenvalue weighted by atomic mass is 32.2. The van der Waals surface area contributed by atoms with Crippen molar-refractivity contribution in [3.8, 4) is 0 Å². The highest BCUT2D eigenvalue weighted by Crippen LogP contribution is 2.10. The number of hydrogen-bond donors (Lipinski definition) is 1. The fraction of sp³-hybridized carbons (Fsp3) is 0.417. The van der Waals surface area contributed by atoms with Crippen LogP contribution in [-0.2, 0) is 15.6 Å². The minimum atomic E-state index is -3.15. The molecule has 0 spiro atoms. The fourth-order valence-corrected chi connectivity index (χ4v) is 3.55. The van der Waals surface area contributed by atoms with E-state index in [0.717, 1.165) is 5.65 Å². The number of hydrogen-bond acceptors (Lipinski definition) is 4. The normalized spacial score (nSPS) is 13.9. The Morgan fingerprint density at radius 2 is 2.22 bits per heavy atom. The number of aromatic nitrogens is 2. The summed E-state index contributed by atoms with van der Waals surface area (Å²) in [4.78, 5) is 4.28. The van der Waals surface area contributed by atoms with Crippen LogP contribution in [0.4, 0.5) is 0 Å². The zero-order chi connectivity index (χ0) is 13.2. The minimum absolute atomic E-state index is 0.0213. The van der Waals surface area contributed by atoms with E-state index in [2.05, 4.69) is 4.98 Å². The number of nitrogens with two attached hydrogens (primary N) is 1. The second kappa shape index (κ2) is 5.07. The number of imidazole rings is 1. The van der Waals surface area contributed by atoms with Crippen LogP contribution < -0.4 is 5.73 Å². The predicted molar refractivity (Wildman–Crippen MR) is 70.9 cm³/mol. The van der Waals surface area contributed by atoms with Crippen molar-refractivity contribution in [1.82, 2.24) is 9.38 Å². The molecule has 2 aromatic heterocycles. The van der Waals surface area contributed by atoms with Crippen LogP contribution in [0.3, 0.4) is 0 Å². The monoisotopic (exact) mass is 267 g/mol. The lowest BCUT2D eigenvalue weighted by molar-refractivity contribution is 0.572. The van der Waals surface area contributed by atoms with Gasteiger partial charge < -0.3 is 10.1 Å². The third-order valence-corrected chi connectivity index (χ3v) is 4.53. The van der Waals surface area contributed by atoms with Crippen molar-refractivity contribution in [2.75, 3.05) is 12.3 Å². The topological polar surface area (TPSA) is 77.5 Å². The molecule has 0 fully saturated rings. The van der Waals surface area contributed by atoms with Crippen molar-refractivity contribution >= 4 is 15.5 Å². The Kier molecular flexibility index (Phi) is 3.68. The third kappa shape index (κ3) is 3.08. The van der Waals surface area contributed by atoms with Crippen LogP contribution in [0.1, 0.15) is 12.6 Å². The van der Waals surface area contributed by atoms with Gasteiger partial charge in [-0.25, -0.2) is 13.4 Å². The standard InChI is InChI=1S/C12H17N3O2S/c1-10(6-13)8-18(16,17)9-11-7-15-5-3-2-4-12(15)14-11/h2-5,7,10H,6,8-9,13H2,1H3. The lowest BCUT2D eigenvalue weighted by Crippen LogP contribution is -2.22.